The normalized spacial score (nSPS) is 10.8. The maximum atomic E-state index is 12.4. The van der Waals surface area contributed by atoms with Crippen LogP contribution in [-0.2, 0) is 11.3 Å². The molecular weight excluding hydrogens is 381 g/mol. The summed E-state index contributed by atoms with van der Waals surface area (Å²) in [6.07, 6.45) is 1.86. The zero-order valence-electron chi connectivity index (χ0n) is 12.4. The summed E-state index contributed by atoms with van der Waals surface area (Å²) in [5.41, 5.74) is 0.426. The predicted molar refractivity (Wildman–Crippen MR) is 90.4 cm³/mol. The Labute approximate surface area is 151 Å². The topological polar surface area (TPSA) is 35.5 Å². The Morgan fingerprint density at radius 1 is 1.21 bits per heavy atom. The van der Waals surface area contributed by atoms with Gasteiger partial charge in [0.1, 0.15) is 12.4 Å². The molecule has 8 heteroatoms. The highest BCUT2D eigenvalue weighted by Gasteiger charge is 2.16. The third-order valence-corrected chi connectivity index (χ3v) is 4.28. The Hall–Kier alpha value is -1.50. The second kappa shape index (κ2) is 8.55. The van der Waals surface area contributed by atoms with E-state index in [-0.39, 0.29) is 28.5 Å². The molecule has 0 fully saturated rings. The van der Waals surface area contributed by atoms with Crippen LogP contribution in [0, 0.1) is 0 Å². The standard InChI is InChI=1S/C16H12Cl2F2O3S/c1-24-11-3-4-13(18)12(7-11)15(21)22-8-9-6-10(17)2-5-14(9)23-16(19)20/h2-7,16H,8H2,1H3. The minimum Gasteiger partial charge on any atom is -0.457 e. The third kappa shape index (κ3) is 5.00. The Kier molecular flexibility index (Phi) is 6.71. The third-order valence-electron chi connectivity index (χ3n) is 2.99. The average Bonchev–Trinajstić information content (AvgIpc) is 2.54. The molecule has 128 valence electrons. The van der Waals surface area contributed by atoms with Gasteiger partial charge in [0.2, 0.25) is 0 Å². The molecule has 2 rings (SSSR count). The zero-order chi connectivity index (χ0) is 17.7. The zero-order valence-corrected chi connectivity index (χ0v) is 14.7. The molecule has 24 heavy (non-hydrogen) atoms. The number of hydrogen-bond donors (Lipinski definition) is 0. The van der Waals surface area contributed by atoms with Gasteiger partial charge >= 0.3 is 12.6 Å². The highest BCUT2D eigenvalue weighted by Crippen LogP contribution is 2.27. The summed E-state index contributed by atoms with van der Waals surface area (Å²) in [7, 11) is 0. The van der Waals surface area contributed by atoms with Crippen molar-refractivity contribution in [3.8, 4) is 5.75 Å². The van der Waals surface area contributed by atoms with Gasteiger partial charge in [-0.3, -0.25) is 0 Å². The first-order valence-electron chi connectivity index (χ1n) is 6.64. The van der Waals surface area contributed by atoms with Crippen molar-refractivity contribution in [2.24, 2.45) is 0 Å². The largest absolute Gasteiger partial charge is 0.457 e. The molecule has 0 aliphatic rings. The monoisotopic (exact) mass is 392 g/mol. The van der Waals surface area contributed by atoms with Crippen LogP contribution in [0.25, 0.3) is 0 Å². The van der Waals surface area contributed by atoms with Gasteiger partial charge in [-0.05, 0) is 42.7 Å². The highest BCUT2D eigenvalue weighted by molar-refractivity contribution is 7.98. The van der Waals surface area contributed by atoms with Crippen LogP contribution in [0.3, 0.4) is 0 Å². The van der Waals surface area contributed by atoms with Gasteiger partial charge in [-0.15, -0.1) is 11.8 Å². The molecule has 0 amide bonds. The first-order chi connectivity index (χ1) is 11.4. The van der Waals surface area contributed by atoms with Crippen LogP contribution in [-0.4, -0.2) is 18.8 Å². The van der Waals surface area contributed by atoms with E-state index in [0.717, 1.165) is 4.90 Å². The van der Waals surface area contributed by atoms with Gasteiger partial charge in [0, 0.05) is 15.5 Å². The first kappa shape index (κ1) is 18.8. The second-order valence-electron chi connectivity index (χ2n) is 4.55. The Morgan fingerprint density at radius 3 is 2.62 bits per heavy atom. The van der Waals surface area contributed by atoms with Crippen LogP contribution < -0.4 is 4.74 Å². The summed E-state index contributed by atoms with van der Waals surface area (Å²) in [4.78, 5) is 13.0. The van der Waals surface area contributed by atoms with Crippen molar-refractivity contribution in [3.05, 3.63) is 57.6 Å². The highest BCUT2D eigenvalue weighted by atomic mass is 35.5. The molecule has 0 saturated carbocycles. The van der Waals surface area contributed by atoms with E-state index < -0.39 is 12.6 Å². The number of carbonyl (C=O) groups excluding carboxylic acids is 1. The molecule has 0 N–H and O–H groups in total. The lowest BCUT2D eigenvalue weighted by molar-refractivity contribution is -0.0510. The van der Waals surface area contributed by atoms with E-state index in [0.29, 0.717) is 5.02 Å². The summed E-state index contributed by atoms with van der Waals surface area (Å²) < 4.78 is 34.4. The number of rotatable bonds is 6. The van der Waals surface area contributed by atoms with E-state index in [1.807, 2.05) is 6.26 Å². The van der Waals surface area contributed by atoms with Gasteiger partial charge in [-0.1, -0.05) is 23.2 Å². The number of carbonyl (C=O) groups is 1. The number of benzene rings is 2. The van der Waals surface area contributed by atoms with Crippen LogP contribution in [0.5, 0.6) is 5.75 Å². The molecule has 0 aromatic heterocycles. The lowest BCUT2D eigenvalue weighted by Gasteiger charge is -2.12. The fraction of sp³-hybridized carbons (Fsp3) is 0.188. The van der Waals surface area contributed by atoms with Gasteiger partial charge in [-0.2, -0.15) is 8.78 Å². The molecule has 0 bridgehead atoms. The number of esters is 1. The molecule has 2 aromatic carbocycles. The average molecular weight is 393 g/mol. The van der Waals surface area contributed by atoms with E-state index in [4.69, 9.17) is 27.9 Å². The lowest BCUT2D eigenvalue weighted by atomic mass is 10.2. The minimum atomic E-state index is -2.99. The molecule has 0 unspecified atom stereocenters. The lowest BCUT2D eigenvalue weighted by Crippen LogP contribution is -2.09. The minimum absolute atomic E-state index is 0.105. The molecule has 0 heterocycles. The van der Waals surface area contributed by atoms with Crippen molar-refractivity contribution in [3.63, 3.8) is 0 Å². The van der Waals surface area contributed by atoms with Gasteiger partial charge in [0.15, 0.2) is 0 Å². The van der Waals surface area contributed by atoms with E-state index in [1.54, 1.807) is 18.2 Å². The first-order valence-corrected chi connectivity index (χ1v) is 8.62. The van der Waals surface area contributed by atoms with E-state index >= 15 is 0 Å². The smallest absolute Gasteiger partial charge is 0.387 e. The molecule has 0 radical (unpaired) electrons. The summed E-state index contributed by atoms with van der Waals surface area (Å²) in [5.74, 6) is -0.773. The molecule has 2 aromatic rings. The predicted octanol–water partition coefficient (Wildman–Crippen LogP) is 5.67. The van der Waals surface area contributed by atoms with Crippen LogP contribution in [0.1, 0.15) is 15.9 Å². The van der Waals surface area contributed by atoms with Crippen molar-refractivity contribution in [2.45, 2.75) is 18.1 Å². The van der Waals surface area contributed by atoms with E-state index in [9.17, 15) is 13.6 Å². The number of thioether (sulfide) groups is 1. The van der Waals surface area contributed by atoms with E-state index in [2.05, 4.69) is 4.74 Å². The Balaban J connectivity index is 2.16. The quantitative estimate of drug-likeness (QED) is 0.468. The molecule has 0 aliphatic heterocycles. The van der Waals surface area contributed by atoms with Gasteiger partial charge in [0.05, 0.1) is 10.6 Å². The van der Waals surface area contributed by atoms with Crippen LogP contribution >= 0.6 is 35.0 Å². The summed E-state index contributed by atoms with van der Waals surface area (Å²) in [6.45, 7) is -3.27. The Bertz CT molecular complexity index is 741. The summed E-state index contributed by atoms with van der Waals surface area (Å²) >= 11 is 13.3. The maximum Gasteiger partial charge on any atom is 0.387 e. The molecule has 3 nitrogen and oxygen atoms in total. The van der Waals surface area contributed by atoms with Crippen molar-refractivity contribution in [1.29, 1.82) is 0 Å². The van der Waals surface area contributed by atoms with Gasteiger partial charge in [0.25, 0.3) is 0 Å². The van der Waals surface area contributed by atoms with Crippen LogP contribution in [0.15, 0.2) is 41.3 Å². The molecule has 0 saturated heterocycles. The van der Waals surface area contributed by atoms with Crippen molar-refractivity contribution in [1.82, 2.24) is 0 Å². The van der Waals surface area contributed by atoms with Crippen molar-refractivity contribution >= 4 is 40.9 Å². The van der Waals surface area contributed by atoms with Crippen molar-refractivity contribution < 1.29 is 23.0 Å². The fourth-order valence-electron chi connectivity index (χ4n) is 1.88. The maximum absolute atomic E-state index is 12.4. The van der Waals surface area contributed by atoms with E-state index in [1.165, 1.54) is 30.0 Å². The molecule has 0 spiro atoms. The second-order valence-corrected chi connectivity index (χ2v) is 6.28. The number of ether oxygens (including phenoxy) is 2. The van der Waals surface area contributed by atoms with Crippen LogP contribution in [0.2, 0.25) is 10.0 Å². The SMILES string of the molecule is CSc1ccc(Cl)c(C(=O)OCc2cc(Cl)ccc2OC(F)F)c1. The van der Waals surface area contributed by atoms with Crippen molar-refractivity contribution in [2.75, 3.05) is 6.26 Å². The number of hydrogen-bond acceptors (Lipinski definition) is 4. The number of halogens is 4. The molecule has 0 atom stereocenters. The number of alkyl halides is 2. The molecule has 0 aliphatic carbocycles. The molecular formula is C16H12Cl2F2O3S. The van der Waals surface area contributed by atoms with Gasteiger partial charge in [-0.25, -0.2) is 4.79 Å². The summed E-state index contributed by atoms with van der Waals surface area (Å²) in [5, 5.41) is 0.554. The Morgan fingerprint density at radius 2 is 1.96 bits per heavy atom. The fourth-order valence-corrected chi connectivity index (χ4v) is 2.71. The van der Waals surface area contributed by atoms with Gasteiger partial charge < -0.3 is 9.47 Å². The summed E-state index contributed by atoms with van der Waals surface area (Å²) in [6, 6.07) is 9.06. The van der Waals surface area contributed by atoms with Crippen LogP contribution in [0.4, 0.5) is 8.78 Å².